The molecule has 2 aromatic rings. The van der Waals surface area contributed by atoms with Gasteiger partial charge in [0.2, 0.25) is 0 Å². The number of fused-ring (bicyclic) bond motifs is 1. The van der Waals surface area contributed by atoms with Crippen LogP contribution in [0.1, 0.15) is 23.1 Å². The summed E-state index contributed by atoms with van der Waals surface area (Å²) in [5.41, 5.74) is 2.10. The minimum Gasteiger partial charge on any atom is -0.294 e. The van der Waals surface area contributed by atoms with Crippen molar-refractivity contribution in [2.45, 2.75) is 13.8 Å². The van der Waals surface area contributed by atoms with Crippen LogP contribution in [0.2, 0.25) is 0 Å². The van der Waals surface area contributed by atoms with E-state index in [4.69, 9.17) is 0 Å². The molecular formula is C9H9N3O. The van der Waals surface area contributed by atoms with Gasteiger partial charge in [-0.1, -0.05) is 0 Å². The molecule has 0 amide bonds. The Morgan fingerprint density at radius 3 is 3.00 bits per heavy atom. The van der Waals surface area contributed by atoms with Crippen molar-refractivity contribution in [3.8, 4) is 0 Å². The lowest BCUT2D eigenvalue weighted by Gasteiger charge is -1.95. The molecule has 2 heterocycles. The van der Waals surface area contributed by atoms with Gasteiger partial charge in [-0.05, 0) is 6.92 Å². The van der Waals surface area contributed by atoms with Crippen LogP contribution in [-0.4, -0.2) is 20.2 Å². The molecule has 0 aliphatic rings. The molecule has 0 saturated heterocycles. The summed E-state index contributed by atoms with van der Waals surface area (Å²) in [6.07, 6.45) is 5.02. The van der Waals surface area contributed by atoms with Crippen LogP contribution in [0.3, 0.4) is 0 Å². The van der Waals surface area contributed by atoms with Gasteiger partial charge in [0.25, 0.3) is 0 Å². The van der Waals surface area contributed by atoms with Crippen molar-refractivity contribution in [2.24, 2.45) is 0 Å². The van der Waals surface area contributed by atoms with E-state index in [0.717, 1.165) is 5.69 Å². The number of carbonyl (C=O) groups excluding carboxylic acids is 1. The average Bonchev–Trinajstić information content (AvgIpc) is 2.39. The predicted octanol–water partition coefficient (Wildman–Crippen LogP) is 1.24. The van der Waals surface area contributed by atoms with Gasteiger partial charge in [0, 0.05) is 19.3 Å². The molecule has 4 nitrogen and oxygen atoms in total. The van der Waals surface area contributed by atoms with E-state index in [9.17, 15) is 4.79 Å². The number of imidazole rings is 1. The van der Waals surface area contributed by atoms with Crippen molar-refractivity contribution >= 4 is 11.4 Å². The van der Waals surface area contributed by atoms with Crippen LogP contribution >= 0.6 is 0 Å². The van der Waals surface area contributed by atoms with Gasteiger partial charge in [-0.15, -0.1) is 0 Å². The molecule has 0 atom stereocenters. The number of ketones is 1. The first kappa shape index (κ1) is 7.91. The van der Waals surface area contributed by atoms with Gasteiger partial charge in [0.15, 0.2) is 11.4 Å². The molecule has 66 valence electrons. The summed E-state index contributed by atoms with van der Waals surface area (Å²) in [4.78, 5) is 19.4. The van der Waals surface area contributed by atoms with Crippen LogP contribution in [0.15, 0.2) is 18.6 Å². The molecule has 0 unspecified atom stereocenters. The smallest absolute Gasteiger partial charge is 0.178 e. The van der Waals surface area contributed by atoms with Crippen LogP contribution in [0.4, 0.5) is 0 Å². The maximum atomic E-state index is 11.3. The van der Waals surface area contributed by atoms with Crippen LogP contribution < -0.4 is 0 Å². The number of hydrogen-bond acceptors (Lipinski definition) is 3. The fourth-order valence-electron chi connectivity index (χ4n) is 1.45. The lowest BCUT2D eigenvalue weighted by Crippen LogP contribution is -2.00. The second kappa shape index (κ2) is 2.65. The number of carbonyl (C=O) groups is 1. The molecule has 2 rings (SSSR count). The minimum atomic E-state index is 0.0243. The Hall–Kier alpha value is -1.71. The van der Waals surface area contributed by atoms with E-state index in [1.54, 1.807) is 23.0 Å². The van der Waals surface area contributed by atoms with Crippen molar-refractivity contribution in [1.29, 1.82) is 0 Å². The minimum absolute atomic E-state index is 0.0243. The maximum absolute atomic E-state index is 11.3. The Balaban J connectivity index is 2.86. The highest BCUT2D eigenvalue weighted by atomic mass is 16.1. The van der Waals surface area contributed by atoms with Crippen LogP contribution in [0, 0.1) is 6.92 Å². The van der Waals surface area contributed by atoms with Crippen LogP contribution in [0.25, 0.3) is 5.65 Å². The number of rotatable bonds is 1. The topological polar surface area (TPSA) is 47.3 Å². The quantitative estimate of drug-likeness (QED) is 0.612. The fourth-order valence-corrected chi connectivity index (χ4v) is 1.45. The molecule has 0 radical (unpaired) electrons. The van der Waals surface area contributed by atoms with Crippen molar-refractivity contribution in [3.63, 3.8) is 0 Å². The summed E-state index contributed by atoms with van der Waals surface area (Å²) in [6.45, 7) is 3.36. The molecule has 2 aromatic heterocycles. The molecule has 0 aliphatic carbocycles. The molecule has 0 aliphatic heterocycles. The Bertz CT molecular complexity index is 473. The summed E-state index contributed by atoms with van der Waals surface area (Å²) in [7, 11) is 0. The van der Waals surface area contributed by atoms with Gasteiger partial charge in [-0.3, -0.25) is 14.2 Å². The summed E-state index contributed by atoms with van der Waals surface area (Å²) < 4.78 is 1.75. The van der Waals surface area contributed by atoms with Crippen LogP contribution in [0.5, 0.6) is 0 Å². The van der Waals surface area contributed by atoms with E-state index in [0.29, 0.717) is 11.3 Å². The molecular weight excluding hydrogens is 166 g/mol. The van der Waals surface area contributed by atoms with Gasteiger partial charge < -0.3 is 0 Å². The maximum Gasteiger partial charge on any atom is 0.178 e. The number of aromatic nitrogens is 3. The van der Waals surface area contributed by atoms with Gasteiger partial charge in [-0.25, -0.2) is 4.98 Å². The molecule has 0 fully saturated rings. The van der Waals surface area contributed by atoms with Gasteiger partial charge in [0.1, 0.15) is 5.69 Å². The zero-order chi connectivity index (χ0) is 9.42. The number of aryl methyl sites for hydroxylation is 1. The summed E-state index contributed by atoms with van der Waals surface area (Å²) in [5, 5.41) is 0. The molecule has 4 heteroatoms. The number of nitrogens with zero attached hydrogens (tertiary/aromatic N) is 3. The summed E-state index contributed by atoms with van der Waals surface area (Å²) in [6, 6.07) is 0. The van der Waals surface area contributed by atoms with Crippen molar-refractivity contribution in [3.05, 3.63) is 30.0 Å². The van der Waals surface area contributed by atoms with E-state index in [1.165, 1.54) is 6.92 Å². The molecule has 0 aromatic carbocycles. The summed E-state index contributed by atoms with van der Waals surface area (Å²) in [5.74, 6) is 0.0243. The highest BCUT2D eigenvalue weighted by Gasteiger charge is 2.11. The Morgan fingerprint density at radius 2 is 2.31 bits per heavy atom. The Morgan fingerprint density at radius 1 is 1.54 bits per heavy atom. The third-order valence-electron chi connectivity index (χ3n) is 1.94. The monoisotopic (exact) mass is 175 g/mol. The van der Waals surface area contributed by atoms with E-state index >= 15 is 0 Å². The standard InChI is InChI=1S/C9H9N3O/c1-6-9(7(2)13)12-4-3-10-5-8(12)11-6/h3-5H,1-2H3. The highest BCUT2D eigenvalue weighted by molar-refractivity contribution is 5.94. The number of hydrogen-bond donors (Lipinski definition) is 0. The van der Waals surface area contributed by atoms with Gasteiger partial charge >= 0.3 is 0 Å². The lowest BCUT2D eigenvalue weighted by atomic mass is 10.2. The first-order chi connectivity index (χ1) is 6.20. The Labute approximate surface area is 75.2 Å². The zero-order valence-corrected chi connectivity index (χ0v) is 7.48. The average molecular weight is 175 g/mol. The summed E-state index contributed by atoms with van der Waals surface area (Å²) >= 11 is 0. The van der Waals surface area contributed by atoms with E-state index in [-0.39, 0.29) is 5.78 Å². The molecule has 0 N–H and O–H groups in total. The SMILES string of the molecule is CC(=O)c1c(C)nc2cnccn12. The molecule has 0 bridgehead atoms. The van der Waals surface area contributed by atoms with Crippen molar-refractivity contribution in [2.75, 3.05) is 0 Å². The third-order valence-corrected chi connectivity index (χ3v) is 1.94. The number of Topliss-reactive ketones (excluding diaryl/α,β-unsaturated/α-hetero) is 1. The van der Waals surface area contributed by atoms with E-state index in [2.05, 4.69) is 9.97 Å². The Kier molecular flexibility index (Phi) is 1.62. The van der Waals surface area contributed by atoms with E-state index in [1.807, 2.05) is 6.92 Å². The normalized spacial score (nSPS) is 10.6. The van der Waals surface area contributed by atoms with Gasteiger partial charge in [0.05, 0.1) is 11.9 Å². The molecule has 0 saturated carbocycles. The van der Waals surface area contributed by atoms with Crippen LogP contribution in [-0.2, 0) is 0 Å². The predicted molar refractivity (Wildman–Crippen MR) is 47.7 cm³/mol. The first-order valence-corrected chi connectivity index (χ1v) is 4.00. The fraction of sp³-hybridized carbons (Fsp3) is 0.222. The van der Waals surface area contributed by atoms with Gasteiger partial charge in [-0.2, -0.15) is 0 Å². The molecule has 13 heavy (non-hydrogen) atoms. The highest BCUT2D eigenvalue weighted by Crippen LogP contribution is 2.10. The second-order valence-corrected chi connectivity index (χ2v) is 2.91. The van der Waals surface area contributed by atoms with E-state index < -0.39 is 0 Å². The largest absolute Gasteiger partial charge is 0.294 e. The van der Waals surface area contributed by atoms with Crippen molar-refractivity contribution < 1.29 is 4.79 Å². The second-order valence-electron chi connectivity index (χ2n) is 2.91. The third kappa shape index (κ3) is 1.11. The lowest BCUT2D eigenvalue weighted by molar-refractivity contribution is 0.101. The van der Waals surface area contributed by atoms with Crippen molar-refractivity contribution in [1.82, 2.24) is 14.4 Å². The molecule has 0 spiro atoms. The zero-order valence-electron chi connectivity index (χ0n) is 7.48. The first-order valence-electron chi connectivity index (χ1n) is 4.00.